The zero-order valence-electron chi connectivity index (χ0n) is 16.6. The van der Waals surface area contributed by atoms with Gasteiger partial charge in [-0.3, -0.25) is 9.59 Å². The van der Waals surface area contributed by atoms with Crippen molar-refractivity contribution in [2.75, 3.05) is 23.3 Å². The van der Waals surface area contributed by atoms with Gasteiger partial charge in [-0.2, -0.15) is 5.10 Å². The SMILES string of the molecule is CC1CCCN(c2nn(CC(=O)Nc3ccc(F)cc3Cl)c(=O)c3ccccc23)C1. The van der Waals surface area contributed by atoms with Crippen molar-refractivity contribution in [3.05, 3.63) is 63.7 Å². The molecule has 1 aliphatic heterocycles. The van der Waals surface area contributed by atoms with E-state index >= 15 is 0 Å². The molecule has 8 heteroatoms. The van der Waals surface area contributed by atoms with Gasteiger partial charge in [-0.1, -0.05) is 36.7 Å². The lowest BCUT2D eigenvalue weighted by Gasteiger charge is -2.32. The molecule has 0 radical (unpaired) electrons. The second-order valence-electron chi connectivity index (χ2n) is 7.70. The first-order chi connectivity index (χ1) is 14.4. The minimum absolute atomic E-state index is 0.0881. The number of halogens is 2. The second-order valence-corrected chi connectivity index (χ2v) is 8.10. The van der Waals surface area contributed by atoms with Crippen LogP contribution in [-0.4, -0.2) is 28.8 Å². The van der Waals surface area contributed by atoms with E-state index in [1.807, 2.05) is 12.1 Å². The fraction of sp³-hybridized carbons (Fsp3) is 0.318. The number of nitrogens with one attached hydrogen (secondary N) is 1. The van der Waals surface area contributed by atoms with E-state index in [9.17, 15) is 14.0 Å². The summed E-state index contributed by atoms with van der Waals surface area (Å²) in [6, 6.07) is 11.0. The molecule has 0 bridgehead atoms. The van der Waals surface area contributed by atoms with E-state index in [4.69, 9.17) is 11.6 Å². The first kappa shape index (κ1) is 20.3. The Morgan fingerprint density at radius 2 is 2.03 bits per heavy atom. The summed E-state index contributed by atoms with van der Waals surface area (Å²) in [7, 11) is 0. The van der Waals surface area contributed by atoms with Gasteiger partial charge in [-0.25, -0.2) is 9.07 Å². The van der Waals surface area contributed by atoms with Crippen LogP contribution in [0.3, 0.4) is 0 Å². The third kappa shape index (κ3) is 4.16. The first-order valence-corrected chi connectivity index (χ1v) is 10.3. The van der Waals surface area contributed by atoms with Crippen LogP contribution >= 0.6 is 11.6 Å². The molecule has 0 aliphatic carbocycles. The van der Waals surface area contributed by atoms with E-state index in [0.29, 0.717) is 17.1 Å². The van der Waals surface area contributed by atoms with Gasteiger partial charge in [0, 0.05) is 18.5 Å². The summed E-state index contributed by atoms with van der Waals surface area (Å²) in [6.07, 6.45) is 2.22. The van der Waals surface area contributed by atoms with Crippen LogP contribution in [0.15, 0.2) is 47.3 Å². The summed E-state index contributed by atoms with van der Waals surface area (Å²) < 4.78 is 14.4. The Hall–Kier alpha value is -2.93. The lowest BCUT2D eigenvalue weighted by Crippen LogP contribution is -2.38. The molecular formula is C22H22ClFN4O2. The highest BCUT2D eigenvalue weighted by molar-refractivity contribution is 6.33. The van der Waals surface area contributed by atoms with Gasteiger partial charge in [0.25, 0.3) is 5.56 Å². The van der Waals surface area contributed by atoms with Crippen LogP contribution < -0.4 is 15.8 Å². The fourth-order valence-electron chi connectivity index (χ4n) is 3.86. The minimum Gasteiger partial charge on any atom is -0.354 e. The van der Waals surface area contributed by atoms with Crippen molar-refractivity contribution in [3.63, 3.8) is 0 Å². The van der Waals surface area contributed by atoms with Crippen molar-refractivity contribution < 1.29 is 9.18 Å². The largest absolute Gasteiger partial charge is 0.354 e. The Kier molecular flexibility index (Phi) is 5.72. The molecule has 6 nitrogen and oxygen atoms in total. The van der Waals surface area contributed by atoms with Gasteiger partial charge in [-0.05, 0) is 43.0 Å². The van der Waals surface area contributed by atoms with Crippen molar-refractivity contribution >= 4 is 39.8 Å². The van der Waals surface area contributed by atoms with Crippen LogP contribution in [0.5, 0.6) is 0 Å². The predicted octanol–water partition coefficient (Wildman–Crippen LogP) is 4.06. The molecular weight excluding hydrogens is 407 g/mol. The number of amides is 1. The van der Waals surface area contributed by atoms with Crippen LogP contribution in [0.2, 0.25) is 5.02 Å². The highest BCUT2D eigenvalue weighted by Crippen LogP contribution is 2.27. The van der Waals surface area contributed by atoms with Crippen molar-refractivity contribution in [2.45, 2.75) is 26.3 Å². The molecule has 1 fully saturated rings. The molecule has 30 heavy (non-hydrogen) atoms. The molecule has 1 aromatic heterocycles. The molecule has 0 saturated carbocycles. The topological polar surface area (TPSA) is 67.2 Å². The van der Waals surface area contributed by atoms with Crippen LogP contribution in [0.4, 0.5) is 15.9 Å². The third-order valence-electron chi connectivity index (χ3n) is 5.30. The molecule has 1 aliphatic rings. The van der Waals surface area contributed by atoms with Crippen molar-refractivity contribution in [2.24, 2.45) is 5.92 Å². The van der Waals surface area contributed by atoms with E-state index in [1.165, 1.54) is 16.8 Å². The highest BCUT2D eigenvalue weighted by atomic mass is 35.5. The first-order valence-electron chi connectivity index (χ1n) is 9.92. The zero-order chi connectivity index (χ0) is 21.3. The molecule has 1 atom stereocenters. The number of piperidine rings is 1. The number of benzene rings is 2. The standard InChI is InChI=1S/C22H22ClFN4O2/c1-14-5-4-10-27(12-14)21-16-6-2-3-7-17(16)22(30)28(26-21)13-20(29)25-19-9-8-15(24)11-18(19)23/h2-3,6-9,11,14H,4-5,10,12-13H2,1H3,(H,25,29). The molecule has 2 aromatic carbocycles. The molecule has 1 saturated heterocycles. The van der Waals surface area contributed by atoms with Gasteiger partial charge in [0.15, 0.2) is 5.82 Å². The quantitative estimate of drug-likeness (QED) is 0.680. The van der Waals surface area contributed by atoms with Gasteiger partial charge < -0.3 is 10.2 Å². The van der Waals surface area contributed by atoms with E-state index in [0.717, 1.165) is 37.4 Å². The number of carbonyl (C=O) groups excluding carboxylic acids is 1. The average molecular weight is 429 g/mol. The van der Waals surface area contributed by atoms with Gasteiger partial charge in [-0.15, -0.1) is 0 Å². The van der Waals surface area contributed by atoms with Crippen molar-refractivity contribution in [1.82, 2.24) is 9.78 Å². The Morgan fingerprint density at radius 1 is 1.27 bits per heavy atom. The lowest BCUT2D eigenvalue weighted by atomic mass is 10.00. The summed E-state index contributed by atoms with van der Waals surface area (Å²) in [5.74, 6) is 0.283. The van der Waals surface area contributed by atoms with Crippen LogP contribution in [0, 0.1) is 11.7 Å². The molecule has 3 aromatic rings. The summed E-state index contributed by atoms with van der Waals surface area (Å²) in [5.41, 5.74) is -0.0539. The normalized spacial score (nSPS) is 16.6. The predicted molar refractivity (Wildman–Crippen MR) is 117 cm³/mol. The Labute approximate surface area is 178 Å². The number of hydrogen-bond donors (Lipinski definition) is 1. The maximum absolute atomic E-state index is 13.2. The minimum atomic E-state index is -0.495. The van der Waals surface area contributed by atoms with Gasteiger partial charge in [0.1, 0.15) is 12.4 Å². The van der Waals surface area contributed by atoms with Gasteiger partial charge in [0.2, 0.25) is 5.91 Å². The molecule has 1 amide bonds. The molecule has 1 N–H and O–H groups in total. The number of carbonyl (C=O) groups is 1. The van der Waals surface area contributed by atoms with E-state index in [-0.39, 0.29) is 22.8 Å². The highest BCUT2D eigenvalue weighted by Gasteiger charge is 2.22. The van der Waals surface area contributed by atoms with Crippen LogP contribution in [-0.2, 0) is 11.3 Å². The van der Waals surface area contributed by atoms with Crippen LogP contribution in [0.1, 0.15) is 19.8 Å². The van der Waals surface area contributed by atoms with Crippen molar-refractivity contribution in [3.8, 4) is 0 Å². The number of nitrogens with zero attached hydrogens (tertiary/aromatic N) is 3. The lowest BCUT2D eigenvalue weighted by molar-refractivity contribution is -0.117. The van der Waals surface area contributed by atoms with Gasteiger partial charge in [0.05, 0.1) is 16.1 Å². The molecule has 156 valence electrons. The summed E-state index contributed by atoms with van der Waals surface area (Å²) in [5, 5.41) is 8.57. The number of anilines is 2. The van der Waals surface area contributed by atoms with Crippen LogP contribution in [0.25, 0.3) is 10.8 Å². The van der Waals surface area contributed by atoms with Crippen molar-refractivity contribution in [1.29, 1.82) is 0 Å². The molecule has 2 heterocycles. The monoisotopic (exact) mass is 428 g/mol. The van der Waals surface area contributed by atoms with E-state index in [2.05, 4.69) is 22.2 Å². The second kappa shape index (κ2) is 8.44. The number of hydrogen-bond acceptors (Lipinski definition) is 4. The summed E-state index contributed by atoms with van der Waals surface area (Å²) in [6.45, 7) is 3.64. The number of aromatic nitrogens is 2. The van der Waals surface area contributed by atoms with E-state index in [1.54, 1.807) is 12.1 Å². The zero-order valence-corrected chi connectivity index (χ0v) is 17.3. The smallest absolute Gasteiger partial charge is 0.275 e. The molecule has 4 rings (SSSR count). The number of rotatable bonds is 4. The number of fused-ring (bicyclic) bond motifs is 1. The molecule has 1 unspecified atom stereocenters. The summed E-state index contributed by atoms with van der Waals surface area (Å²) >= 11 is 5.98. The maximum Gasteiger partial charge on any atom is 0.275 e. The van der Waals surface area contributed by atoms with E-state index < -0.39 is 11.7 Å². The maximum atomic E-state index is 13.2. The average Bonchev–Trinajstić information content (AvgIpc) is 2.72. The Morgan fingerprint density at radius 3 is 2.77 bits per heavy atom. The third-order valence-corrected chi connectivity index (χ3v) is 5.62. The Balaban J connectivity index is 1.67. The Bertz CT molecular complexity index is 1160. The van der Waals surface area contributed by atoms with Gasteiger partial charge >= 0.3 is 0 Å². The fourth-order valence-corrected chi connectivity index (χ4v) is 4.07. The molecule has 0 spiro atoms. The summed E-state index contributed by atoms with van der Waals surface area (Å²) in [4.78, 5) is 27.7.